The number of aliphatic hydroxyl groups is 1. The minimum Gasteiger partial charge on any atom is -0.396 e. The second-order valence-electron chi connectivity index (χ2n) is 5.12. The highest BCUT2D eigenvalue weighted by atomic mass is 79.9. The predicted octanol–water partition coefficient (Wildman–Crippen LogP) is 4.45. The first-order valence-electron chi connectivity index (χ1n) is 6.95. The predicted molar refractivity (Wildman–Crippen MR) is 91.7 cm³/mol. The zero-order chi connectivity index (χ0) is 14.7. The molecule has 21 heavy (non-hydrogen) atoms. The minimum atomic E-state index is 0.178. The fraction of sp³-hybridized carbons (Fsp3) is 0.235. The Morgan fingerprint density at radius 2 is 1.81 bits per heavy atom. The SMILES string of the molecule is OCC(Cc1nc2ccccc2s1)Cc1ccccc1Br. The number of hydrogen-bond donors (Lipinski definition) is 1. The van der Waals surface area contributed by atoms with Crippen LogP contribution < -0.4 is 0 Å². The van der Waals surface area contributed by atoms with E-state index in [4.69, 9.17) is 0 Å². The standard InChI is InChI=1S/C17H16BrNOS/c18-14-6-2-1-5-13(14)9-12(11-20)10-17-19-15-7-3-4-8-16(15)21-17/h1-8,12,20H,9-11H2. The van der Waals surface area contributed by atoms with E-state index in [1.54, 1.807) is 11.3 Å². The molecule has 0 bridgehead atoms. The lowest BCUT2D eigenvalue weighted by Crippen LogP contribution is -2.13. The van der Waals surface area contributed by atoms with Gasteiger partial charge in [0.25, 0.3) is 0 Å². The van der Waals surface area contributed by atoms with Crippen LogP contribution in [0.3, 0.4) is 0 Å². The van der Waals surface area contributed by atoms with Crippen molar-refractivity contribution < 1.29 is 5.11 Å². The number of thiazole rings is 1. The number of halogens is 1. The molecular formula is C17H16BrNOS. The van der Waals surface area contributed by atoms with Crippen molar-refractivity contribution in [2.24, 2.45) is 5.92 Å². The van der Waals surface area contributed by atoms with Gasteiger partial charge >= 0.3 is 0 Å². The van der Waals surface area contributed by atoms with Gasteiger partial charge < -0.3 is 5.11 Å². The average molecular weight is 362 g/mol. The van der Waals surface area contributed by atoms with Crippen LogP contribution in [0.25, 0.3) is 10.2 Å². The van der Waals surface area contributed by atoms with Crippen molar-refractivity contribution in [1.82, 2.24) is 4.98 Å². The van der Waals surface area contributed by atoms with E-state index in [1.807, 2.05) is 36.4 Å². The van der Waals surface area contributed by atoms with Crippen LogP contribution in [0, 0.1) is 5.92 Å². The third-order valence-corrected chi connectivity index (χ3v) is 5.36. The number of hydrogen-bond acceptors (Lipinski definition) is 3. The second kappa shape index (κ2) is 6.69. The molecule has 0 aliphatic heterocycles. The van der Waals surface area contributed by atoms with Gasteiger partial charge in [-0.3, -0.25) is 0 Å². The molecule has 0 aliphatic carbocycles. The Morgan fingerprint density at radius 1 is 1.05 bits per heavy atom. The van der Waals surface area contributed by atoms with E-state index in [9.17, 15) is 5.11 Å². The number of para-hydroxylation sites is 1. The highest BCUT2D eigenvalue weighted by Crippen LogP contribution is 2.26. The maximum Gasteiger partial charge on any atom is 0.0942 e. The van der Waals surface area contributed by atoms with E-state index < -0.39 is 0 Å². The Bertz CT molecular complexity index is 707. The van der Waals surface area contributed by atoms with Gasteiger partial charge in [0.05, 0.1) is 15.2 Å². The van der Waals surface area contributed by atoms with Crippen LogP contribution in [0.4, 0.5) is 0 Å². The van der Waals surface area contributed by atoms with Crippen molar-refractivity contribution in [2.45, 2.75) is 12.8 Å². The van der Waals surface area contributed by atoms with Crippen LogP contribution in [0.2, 0.25) is 0 Å². The Labute approximate surface area is 136 Å². The van der Waals surface area contributed by atoms with E-state index in [0.29, 0.717) is 0 Å². The van der Waals surface area contributed by atoms with Crippen LogP contribution >= 0.6 is 27.3 Å². The van der Waals surface area contributed by atoms with Crippen molar-refractivity contribution in [3.63, 3.8) is 0 Å². The fourth-order valence-electron chi connectivity index (χ4n) is 2.43. The lowest BCUT2D eigenvalue weighted by Gasteiger charge is -2.13. The van der Waals surface area contributed by atoms with E-state index in [2.05, 4.69) is 33.0 Å². The van der Waals surface area contributed by atoms with Crippen molar-refractivity contribution in [2.75, 3.05) is 6.61 Å². The summed E-state index contributed by atoms with van der Waals surface area (Å²) in [6, 6.07) is 16.4. The highest BCUT2D eigenvalue weighted by molar-refractivity contribution is 9.10. The van der Waals surface area contributed by atoms with Gasteiger partial charge in [0, 0.05) is 17.5 Å². The molecule has 1 atom stereocenters. The van der Waals surface area contributed by atoms with Gasteiger partial charge in [0.15, 0.2) is 0 Å². The molecule has 0 saturated heterocycles. The molecular weight excluding hydrogens is 346 g/mol. The third-order valence-electron chi connectivity index (χ3n) is 3.53. The minimum absolute atomic E-state index is 0.178. The molecule has 1 N–H and O–H groups in total. The molecule has 4 heteroatoms. The number of fused-ring (bicyclic) bond motifs is 1. The summed E-state index contributed by atoms with van der Waals surface area (Å²) in [7, 11) is 0. The van der Waals surface area contributed by atoms with Crippen LogP contribution in [0.5, 0.6) is 0 Å². The lowest BCUT2D eigenvalue weighted by molar-refractivity contribution is 0.225. The first kappa shape index (κ1) is 14.7. The molecule has 0 spiro atoms. The fourth-order valence-corrected chi connectivity index (χ4v) is 3.96. The number of rotatable bonds is 5. The summed E-state index contributed by atoms with van der Waals surface area (Å²) in [5.74, 6) is 0.198. The van der Waals surface area contributed by atoms with Crippen molar-refractivity contribution in [1.29, 1.82) is 0 Å². The van der Waals surface area contributed by atoms with Crippen LogP contribution in [-0.2, 0) is 12.8 Å². The maximum absolute atomic E-state index is 9.68. The van der Waals surface area contributed by atoms with E-state index in [0.717, 1.165) is 27.8 Å². The Balaban J connectivity index is 1.76. The van der Waals surface area contributed by atoms with E-state index in [-0.39, 0.29) is 12.5 Å². The zero-order valence-corrected chi connectivity index (χ0v) is 13.9. The second-order valence-corrected chi connectivity index (χ2v) is 7.09. The summed E-state index contributed by atoms with van der Waals surface area (Å²) in [6.45, 7) is 0.178. The number of nitrogens with zero attached hydrogens (tertiary/aromatic N) is 1. The Morgan fingerprint density at radius 3 is 2.57 bits per heavy atom. The smallest absolute Gasteiger partial charge is 0.0942 e. The number of aliphatic hydroxyl groups excluding tert-OH is 1. The van der Waals surface area contributed by atoms with Crippen LogP contribution in [-0.4, -0.2) is 16.7 Å². The molecule has 1 unspecified atom stereocenters. The van der Waals surface area contributed by atoms with Gasteiger partial charge in [-0.2, -0.15) is 0 Å². The molecule has 2 aromatic carbocycles. The molecule has 3 aromatic rings. The number of benzene rings is 2. The summed E-state index contributed by atoms with van der Waals surface area (Å²) < 4.78 is 2.32. The van der Waals surface area contributed by atoms with Gasteiger partial charge in [-0.1, -0.05) is 46.3 Å². The average Bonchev–Trinajstić information content (AvgIpc) is 2.91. The summed E-state index contributed by atoms with van der Waals surface area (Å²) in [5, 5.41) is 10.8. The first-order valence-corrected chi connectivity index (χ1v) is 8.56. The summed E-state index contributed by atoms with van der Waals surface area (Å²) in [5.41, 5.74) is 2.28. The Kier molecular flexibility index (Phi) is 4.68. The molecule has 3 rings (SSSR count). The van der Waals surface area contributed by atoms with Gasteiger partial charge in [0.1, 0.15) is 0 Å². The molecule has 2 nitrogen and oxygen atoms in total. The summed E-state index contributed by atoms with van der Waals surface area (Å²) >= 11 is 5.29. The summed E-state index contributed by atoms with van der Waals surface area (Å²) in [6.07, 6.45) is 1.67. The molecule has 0 aliphatic rings. The molecule has 0 radical (unpaired) electrons. The largest absolute Gasteiger partial charge is 0.396 e. The third kappa shape index (κ3) is 3.51. The maximum atomic E-state index is 9.68. The highest BCUT2D eigenvalue weighted by Gasteiger charge is 2.14. The topological polar surface area (TPSA) is 33.1 Å². The summed E-state index contributed by atoms with van der Waals surface area (Å²) in [4.78, 5) is 4.66. The molecule has 108 valence electrons. The molecule has 0 amide bonds. The van der Waals surface area contributed by atoms with Gasteiger partial charge in [-0.05, 0) is 36.1 Å². The molecule has 1 heterocycles. The van der Waals surface area contributed by atoms with Gasteiger partial charge in [0.2, 0.25) is 0 Å². The number of aromatic nitrogens is 1. The van der Waals surface area contributed by atoms with Crippen molar-refractivity contribution >= 4 is 37.5 Å². The van der Waals surface area contributed by atoms with Crippen molar-refractivity contribution in [3.05, 3.63) is 63.6 Å². The van der Waals surface area contributed by atoms with Gasteiger partial charge in [-0.25, -0.2) is 4.98 Å². The normalized spacial score (nSPS) is 12.7. The van der Waals surface area contributed by atoms with Crippen LogP contribution in [0.15, 0.2) is 53.0 Å². The zero-order valence-electron chi connectivity index (χ0n) is 11.5. The van der Waals surface area contributed by atoms with E-state index in [1.165, 1.54) is 10.3 Å². The molecule has 0 fully saturated rings. The lowest BCUT2D eigenvalue weighted by atomic mass is 9.97. The monoisotopic (exact) mass is 361 g/mol. The van der Waals surface area contributed by atoms with Crippen LogP contribution in [0.1, 0.15) is 10.6 Å². The molecule has 1 aromatic heterocycles. The quantitative estimate of drug-likeness (QED) is 0.727. The van der Waals surface area contributed by atoms with Gasteiger partial charge in [-0.15, -0.1) is 11.3 Å². The van der Waals surface area contributed by atoms with Crippen molar-refractivity contribution in [3.8, 4) is 0 Å². The van der Waals surface area contributed by atoms with E-state index >= 15 is 0 Å². The molecule has 0 saturated carbocycles. The first-order chi connectivity index (χ1) is 10.3. The Hall–Kier alpha value is -1.23.